The minimum Gasteiger partial charge on any atom is -0.259 e. The van der Waals surface area contributed by atoms with Crippen molar-refractivity contribution in [3.8, 4) is 0 Å². The van der Waals surface area contributed by atoms with Gasteiger partial charge in [-0.1, -0.05) is 30.3 Å². The molecule has 0 unspecified atom stereocenters. The van der Waals surface area contributed by atoms with E-state index in [4.69, 9.17) is 0 Å². The molecule has 0 bridgehead atoms. The number of hydrogen-bond acceptors (Lipinski definition) is 6. The largest absolute Gasteiger partial charge is 0.259 e. The van der Waals surface area contributed by atoms with Gasteiger partial charge in [0.15, 0.2) is 11.5 Å². The van der Waals surface area contributed by atoms with Crippen molar-refractivity contribution in [2.24, 2.45) is 5.10 Å². The molecule has 1 N–H and O–H groups in total. The van der Waals surface area contributed by atoms with Gasteiger partial charge in [0.05, 0.1) is 11.9 Å². The quantitative estimate of drug-likeness (QED) is 0.461. The zero-order chi connectivity index (χ0) is 14.8. The summed E-state index contributed by atoms with van der Waals surface area (Å²) in [6.45, 7) is 0. The molecule has 0 radical (unpaired) electrons. The number of hydrazone groups is 1. The van der Waals surface area contributed by atoms with Crippen molar-refractivity contribution in [3.05, 3.63) is 60.7 Å². The summed E-state index contributed by atoms with van der Waals surface area (Å²) in [4.78, 5) is 4.18. The number of pyridine rings is 1. The molecule has 7 nitrogen and oxygen atoms in total. The predicted molar refractivity (Wildman–Crippen MR) is 83.7 cm³/mol. The second kappa shape index (κ2) is 5.21. The lowest BCUT2D eigenvalue weighted by molar-refractivity contribution is 0.934. The second-order valence-electron chi connectivity index (χ2n) is 4.62. The summed E-state index contributed by atoms with van der Waals surface area (Å²) >= 11 is 0. The van der Waals surface area contributed by atoms with E-state index in [0.29, 0.717) is 5.82 Å². The Morgan fingerprint density at radius 1 is 1.05 bits per heavy atom. The van der Waals surface area contributed by atoms with Crippen LogP contribution in [0.4, 0.5) is 5.82 Å². The van der Waals surface area contributed by atoms with Crippen LogP contribution < -0.4 is 5.43 Å². The van der Waals surface area contributed by atoms with Crippen molar-refractivity contribution in [1.82, 2.24) is 24.8 Å². The maximum absolute atomic E-state index is 4.44. The highest BCUT2D eigenvalue weighted by molar-refractivity contribution is 5.99. The van der Waals surface area contributed by atoms with Crippen molar-refractivity contribution in [2.75, 3.05) is 5.43 Å². The number of nitrogens with zero attached hydrogens (tertiary/aromatic N) is 6. The van der Waals surface area contributed by atoms with E-state index in [1.807, 2.05) is 42.5 Å². The number of benzene rings is 1. The molecule has 22 heavy (non-hydrogen) atoms. The van der Waals surface area contributed by atoms with Crippen LogP contribution in [0.15, 0.2) is 60.1 Å². The monoisotopic (exact) mass is 289 g/mol. The first-order chi connectivity index (χ1) is 10.9. The summed E-state index contributed by atoms with van der Waals surface area (Å²) in [6, 6.07) is 13.5. The molecule has 0 aliphatic rings. The molecule has 0 fully saturated rings. The average molecular weight is 289 g/mol. The lowest BCUT2D eigenvalue weighted by Crippen LogP contribution is -2.00. The molecule has 0 aliphatic carbocycles. The molecule has 0 atom stereocenters. The third-order valence-corrected chi connectivity index (χ3v) is 3.22. The predicted octanol–water partition coefficient (Wildman–Crippen LogP) is 2.12. The van der Waals surface area contributed by atoms with Gasteiger partial charge in [-0.25, -0.2) is 0 Å². The standard InChI is InChI=1S/C15H11N7/c1-2-7-13-12(6-1)14(21-22-10-18-20-15(13)22)19-17-9-11-5-3-4-8-16-11/h1-10H,(H,19,21)/b17-9+. The molecule has 0 saturated heterocycles. The maximum atomic E-state index is 4.44. The van der Waals surface area contributed by atoms with Crippen LogP contribution in [0.25, 0.3) is 16.4 Å². The minimum atomic E-state index is 0.634. The van der Waals surface area contributed by atoms with Crippen LogP contribution in [0.1, 0.15) is 5.69 Å². The fraction of sp³-hybridized carbons (Fsp3) is 0. The Bertz CT molecular complexity index is 959. The first-order valence-corrected chi connectivity index (χ1v) is 6.71. The van der Waals surface area contributed by atoms with E-state index in [-0.39, 0.29) is 0 Å². The lowest BCUT2D eigenvalue weighted by atomic mass is 10.2. The molecule has 4 rings (SSSR count). The van der Waals surface area contributed by atoms with Crippen LogP contribution >= 0.6 is 0 Å². The molecule has 0 saturated carbocycles. The van der Waals surface area contributed by atoms with Gasteiger partial charge in [0.25, 0.3) is 0 Å². The van der Waals surface area contributed by atoms with Crippen molar-refractivity contribution in [2.45, 2.75) is 0 Å². The summed E-state index contributed by atoms with van der Waals surface area (Å²) in [5.74, 6) is 0.634. The van der Waals surface area contributed by atoms with E-state index < -0.39 is 0 Å². The Labute approximate surface area is 125 Å². The van der Waals surface area contributed by atoms with Crippen LogP contribution in [0.2, 0.25) is 0 Å². The van der Waals surface area contributed by atoms with Gasteiger partial charge in [-0.2, -0.15) is 9.62 Å². The molecule has 0 aliphatic heterocycles. The lowest BCUT2D eigenvalue weighted by Gasteiger charge is -2.05. The number of anilines is 1. The van der Waals surface area contributed by atoms with Gasteiger partial charge in [-0.15, -0.1) is 15.3 Å². The molecule has 1 aromatic carbocycles. The molecular formula is C15H11N7. The molecule has 0 amide bonds. The molecule has 4 aromatic rings. The fourth-order valence-corrected chi connectivity index (χ4v) is 2.22. The summed E-state index contributed by atoms with van der Waals surface area (Å²) in [6.07, 6.45) is 4.93. The highest BCUT2D eigenvalue weighted by atomic mass is 15.4. The first kappa shape index (κ1) is 12.4. The normalized spacial score (nSPS) is 11.5. The van der Waals surface area contributed by atoms with E-state index >= 15 is 0 Å². The van der Waals surface area contributed by atoms with Gasteiger partial charge in [-0.05, 0) is 12.1 Å². The van der Waals surface area contributed by atoms with Crippen LogP contribution in [-0.2, 0) is 0 Å². The summed E-state index contributed by atoms with van der Waals surface area (Å²) < 4.78 is 1.63. The van der Waals surface area contributed by atoms with Crippen LogP contribution in [0.5, 0.6) is 0 Å². The number of hydrogen-bond donors (Lipinski definition) is 1. The van der Waals surface area contributed by atoms with Crippen molar-refractivity contribution in [3.63, 3.8) is 0 Å². The second-order valence-corrected chi connectivity index (χ2v) is 4.62. The fourth-order valence-electron chi connectivity index (χ4n) is 2.22. The molecule has 106 valence electrons. The highest BCUT2D eigenvalue weighted by Gasteiger charge is 2.08. The van der Waals surface area contributed by atoms with Gasteiger partial charge in [0.2, 0.25) is 0 Å². The molecule has 0 spiro atoms. The van der Waals surface area contributed by atoms with Gasteiger partial charge in [0.1, 0.15) is 6.33 Å². The van der Waals surface area contributed by atoms with Crippen molar-refractivity contribution in [1.29, 1.82) is 0 Å². The molecular weight excluding hydrogens is 278 g/mol. The van der Waals surface area contributed by atoms with Gasteiger partial charge >= 0.3 is 0 Å². The third kappa shape index (κ3) is 2.14. The van der Waals surface area contributed by atoms with E-state index in [0.717, 1.165) is 22.1 Å². The Morgan fingerprint density at radius 2 is 1.91 bits per heavy atom. The Hall–Kier alpha value is -3.35. The smallest absolute Gasteiger partial charge is 0.185 e. The summed E-state index contributed by atoms with van der Waals surface area (Å²) in [7, 11) is 0. The van der Waals surface area contributed by atoms with Gasteiger partial charge in [-0.3, -0.25) is 10.4 Å². The van der Waals surface area contributed by atoms with Crippen molar-refractivity contribution < 1.29 is 0 Å². The number of nitrogens with one attached hydrogen (secondary N) is 1. The van der Waals surface area contributed by atoms with Gasteiger partial charge in [0, 0.05) is 17.0 Å². The van der Waals surface area contributed by atoms with E-state index in [1.165, 1.54) is 0 Å². The van der Waals surface area contributed by atoms with E-state index in [2.05, 4.69) is 30.8 Å². The topological polar surface area (TPSA) is 80.4 Å². The Kier molecular flexibility index (Phi) is 2.93. The molecule has 3 heterocycles. The zero-order valence-electron chi connectivity index (χ0n) is 11.5. The van der Waals surface area contributed by atoms with E-state index in [9.17, 15) is 0 Å². The highest BCUT2D eigenvalue weighted by Crippen LogP contribution is 2.23. The Morgan fingerprint density at radius 3 is 2.77 bits per heavy atom. The van der Waals surface area contributed by atoms with Crippen LogP contribution in [-0.4, -0.2) is 31.0 Å². The van der Waals surface area contributed by atoms with Crippen LogP contribution in [0.3, 0.4) is 0 Å². The Balaban J connectivity index is 1.75. The molecule has 7 heteroatoms. The summed E-state index contributed by atoms with van der Waals surface area (Å²) in [5.41, 5.74) is 4.45. The number of fused-ring (bicyclic) bond motifs is 3. The van der Waals surface area contributed by atoms with Crippen molar-refractivity contribution >= 4 is 28.5 Å². The maximum Gasteiger partial charge on any atom is 0.185 e. The zero-order valence-corrected chi connectivity index (χ0v) is 11.5. The summed E-state index contributed by atoms with van der Waals surface area (Å²) in [5, 5.41) is 18.5. The average Bonchev–Trinajstić information content (AvgIpc) is 3.04. The van der Waals surface area contributed by atoms with E-state index in [1.54, 1.807) is 23.3 Å². The number of rotatable bonds is 3. The number of aromatic nitrogens is 5. The third-order valence-electron chi connectivity index (χ3n) is 3.22. The molecule has 3 aromatic heterocycles. The van der Waals surface area contributed by atoms with Crippen LogP contribution in [0, 0.1) is 0 Å². The first-order valence-electron chi connectivity index (χ1n) is 6.71. The van der Waals surface area contributed by atoms with Gasteiger partial charge < -0.3 is 0 Å². The minimum absolute atomic E-state index is 0.634. The SMILES string of the molecule is C(=N\Nc1nn2cnnc2c2ccccc12)/c1ccccn1.